The second-order valence-electron chi connectivity index (χ2n) is 5.23. The molecule has 0 fully saturated rings. The molecular formula is C15H24N2O3. The summed E-state index contributed by atoms with van der Waals surface area (Å²) in [6, 6.07) is 5.73. The predicted molar refractivity (Wildman–Crippen MR) is 79.1 cm³/mol. The summed E-state index contributed by atoms with van der Waals surface area (Å²) in [6.45, 7) is 5.65. The maximum Gasteiger partial charge on any atom is 0.237 e. The predicted octanol–water partition coefficient (Wildman–Crippen LogP) is 1.62. The number of nitrogens with one attached hydrogen (secondary N) is 1. The summed E-state index contributed by atoms with van der Waals surface area (Å²) >= 11 is 0. The first kappa shape index (κ1) is 16.3. The minimum Gasteiger partial charge on any atom is -0.493 e. The van der Waals surface area contributed by atoms with Crippen molar-refractivity contribution in [2.45, 2.75) is 38.8 Å². The van der Waals surface area contributed by atoms with Crippen LogP contribution >= 0.6 is 0 Å². The second-order valence-corrected chi connectivity index (χ2v) is 5.23. The van der Waals surface area contributed by atoms with Crippen molar-refractivity contribution in [2.24, 2.45) is 5.73 Å². The van der Waals surface area contributed by atoms with Crippen molar-refractivity contribution in [2.75, 3.05) is 14.2 Å². The fourth-order valence-corrected chi connectivity index (χ4v) is 2.03. The van der Waals surface area contributed by atoms with Crippen molar-refractivity contribution in [3.63, 3.8) is 0 Å². The van der Waals surface area contributed by atoms with Crippen LogP contribution in [0, 0.1) is 6.92 Å². The number of hydrogen-bond acceptors (Lipinski definition) is 4. The normalized spacial score (nSPS) is 15.2. The zero-order valence-corrected chi connectivity index (χ0v) is 12.8. The molecule has 1 rings (SSSR count). The van der Waals surface area contributed by atoms with Crippen LogP contribution in [0.15, 0.2) is 18.2 Å². The van der Waals surface area contributed by atoms with Gasteiger partial charge in [0.1, 0.15) is 0 Å². The van der Waals surface area contributed by atoms with Gasteiger partial charge in [0.2, 0.25) is 5.91 Å². The maximum absolute atomic E-state index is 11.5. The van der Waals surface area contributed by atoms with Crippen molar-refractivity contribution in [1.82, 2.24) is 5.32 Å². The average molecular weight is 280 g/mol. The number of ether oxygens (including phenoxy) is 2. The van der Waals surface area contributed by atoms with Gasteiger partial charge in [-0.25, -0.2) is 0 Å². The van der Waals surface area contributed by atoms with Crippen LogP contribution in [-0.2, 0) is 4.79 Å². The highest BCUT2D eigenvalue weighted by molar-refractivity contribution is 5.84. The monoisotopic (exact) mass is 280 g/mol. The lowest BCUT2D eigenvalue weighted by Gasteiger charge is -2.29. The Labute approximate surface area is 120 Å². The molecule has 5 heteroatoms. The van der Waals surface area contributed by atoms with Gasteiger partial charge in [-0.15, -0.1) is 0 Å². The van der Waals surface area contributed by atoms with Crippen LogP contribution in [0.4, 0.5) is 0 Å². The van der Waals surface area contributed by atoms with E-state index in [4.69, 9.17) is 15.2 Å². The summed E-state index contributed by atoms with van der Waals surface area (Å²) in [5.74, 6) is 0.946. The van der Waals surface area contributed by atoms with Crippen LogP contribution in [0.1, 0.15) is 25.8 Å². The number of primary amides is 1. The molecule has 0 radical (unpaired) electrons. The topological polar surface area (TPSA) is 73.6 Å². The minimum atomic E-state index is -0.794. The van der Waals surface area contributed by atoms with E-state index in [1.807, 2.05) is 32.0 Å². The summed E-state index contributed by atoms with van der Waals surface area (Å²) in [5, 5.41) is 2.95. The Bertz CT molecular complexity index is 476. The fourth-order valence-electron chi connectivity index (χ4n) is 2.03. The van der Waals surface area contributed by atoms with E-state index in [2.05, 4.69) is 5.32 Å². The molecule has 3 N–H and O–H groups in total. The van der Waals surface area contributed by atoms with E-state index in [0.29, 0.717) is 17.9 Å². The summed E-state index contributed by atoms with van der Waals surface area (Å²) in [6.07, 6.45) is 0.284. The van der Waals surface area contributed by atoms with Gasteiger partial charge < -0.3 is 20.5 Å². The quantitative estimate of drug-likeness (QED) is 0.796. The number of hydrogen-bond donors (Lipinski definition) is 2. The third-order valence-corrected chi connectivity index (χ3v) is 3.44. The number of methoxy groups -OCH3 is 1. The van der Waals surface area contributed by atoms with E-state index < -0.39 is 11.4 Å². The van der Waals surface area contributed by atoms with Crippen LogP contribution in [0.3, 0.4) is 0 Å². The minimum absolute atomic E-state index is 0.184. The van der Waals surface area contributed by atoms with Gasteiger partial charge in [-0.2, -0.15) is 0 Å². The number of carbonyl (C=O) groups excluding carboxylic acids is 1. The number of carbonyl (C=O) groups is 1. The number of amides is 1. The molecule has 0 bridgehead atoms. The summed E-state index contributed by atoms with van der Waals surface area (Å²) < 4.78 is 11.2. The molecule has 0 aliphatic rings. The van der Waals surface area contributed by atoms with E-state index in [1.54, 1.807) is 21.1 Å². The highest BCUT2D eigenvalue weighted by Gasteiger charge is 2.31. The second kappa shape index (κ2) is 6.61. The SMILES string of the molecule is CNC(C)(CC(C)Oc1ccc(C)cc1OC)C(N)=O. The molecule has 0 aliphatic carbocycles. The Morgan fingerprint density at radius 3 is 2.60 bits per heavy atom. The lowest BCUT2D eigenvalue weighted by molar-refractivity contribution is -0.124. The molecule has 0 heterocycles. The summed E-state index contributed by atoms with van der Waals surface area (Å²) in [7, 11) is 3.32. The molecular weight excluding hydrogens is 256 g/mol. The van der Waals surface area contributed by atoms with Crippen molar-refractivity contribution in [3.8, 4) is 11.5 Å². The van der Waals surface area contributed by atoms with Gasteiger partial charge in [0.25, 0.3) is 0 Å². The van der Waals surface area contributed by atoms with Crippen LogP contribution in [0.25, 0.3) is 0 Å². The molecule has 112 valence electrons. The first-order chi connectivity index (χ1) is 9.32. The molecule has 0 aliphatic heterocycles. The Hall–Kier alpha value is -1.75. The van der Waals surface area contributed by atoms with E-state index in [0.717, 1.165) is 5.56 Å². The molecule has 1 aromatic carbocycles. The van der Waals surface area contributed by atoms with E-state index in [1.165, 1.54) is 0 Å². The zero-order valence-electron chi connectivity index (χ0n) is 12.8. The third-order valence-electron chi connectivity index (χ3n) is 3.44. The molecule has 5 nitrogen and oxygen atoms in total. The van der Waals surface area contributed by atoms with Crippen molar-refractivity contribution in [1.29, 1.82) is 0 Å². The summed E-state index contributed by atoms with van der Waals surface area (Å²) in [5.41, 5.74) is 5.72. The smallest absolute Gasteiger partial charge is 0.237 e. The molecule has 0 saturated heterocycles. The first-order valence-corrected chi connectivity index (χ1v) is 6.62. The van der Waals surface area contributed by atoms with Crippen LogP contribution in [0.5, 0.6) is 11.5 Å². The molecule has 2 unspecified atom stereocenters. The molecule has 1 aromatic rings. The number of benzene rings is 1. The van der Waals surface area contributed by atoms with Crippen LogP contribution < -0.4 is 20.5 Å². The molecule has 20 heavy (non-hydrogen) atoms. The molecule has 0 aromatic heterocycles. The number of aryl methyl sites for hydroxylation is 1. The standard InChI is InChI=1S/C15H24N2O3/c1-10-6-7-12(13(8-10)19-5)20-11(2)9-15(3,17-4)14(16)18/h6-8,11,17H,9H2,1-5H3,(H2,16,18). The zero-order chi connectivity index (χ0) is 15.3. The van der Waals surface area contributed by atoms with Crippen LogP contribution in [-0.4, -0.2) is 31.7 Å². The fraction of sp³-hybridized carbons (Fsp3) is 0.533. The Morgan fingerprint density at radius 1 is 1.45 bits per heavy atom. The molecule has 0 spiro atoms. The van der Waals surface area contributed by atoms with Gasteiger partial charge in [0.05, 0.1) is 18.8 Å². The third kappa shape index (κ3) is 3.87. The van der Waals surface area contributed by atoms with Gasteiger partial charge in [0.15, 0.2) is 11.5 Å². The van der Waals surface area contributed by atoms with Gasteiger partial charge in [-0.1, -0.05) is 6.07 Å². The van der Waals surface area contributed by atoms with Crippen LogP contribution in [0.2, 0.25) is 0 Å². The summed E-state index contributed by atoms with van der Waals surface area (Å²) in [4.78, 5) is 11.5. The van der Waals surface area contributed by atoms with E-state index >= 15 is 0 Å². The molecule has 1 amide bonds. The van der Waals surface area contributed by atoms with Crippen molar-refractivity contribution < 1.29 is 14.3 Å². The maximum atomic E-state index is 11.5. The number of likely N-dealkylation sites (N-methyl/N-ethyl adjacent to an activating group) is 1. The highest BCUT2D eigenvalue weighted by Crippen LogP contribution is 2.29. The largest absolute Gasteiger partial charge is 0.493 e. The van der Waals surface area contributed by atoms with E-state index in [-0.39, 0.29) is 6.10 Å². The van der Waals surface area contributed by atoms with Gasteiger partial charge >= 0.3 is 0 Å². The van der Waals surface area contributed by atoms with Gasteiger partial charge in [-0.05, 0) is 45.5 Å². The Balaban J connectivity index is 2.81. The first-order valence-electron chi connectivity index (χ1n) is 6.62. The number of nitrogens with two attached hydrogens (primary N) is 1. The average Bonchev–Trinajstić information content (AvgIpc) is 2.40. The lowest BCUT2D eigenvalue weighted by atomic mass is 9.94. The number of rotatable bonds is 7. The molecule has 2 atom stereocenters. The Kier molecular flexibility index (Phi) is 5.39. The van der Waals surface area contributed by atoms with Crippen molar-refractivity contribution in [3.05, 3.63) is 23.8 Å². The Morgan fingerprint density at radius 2 is 2.10 bits per heavy atom. The van der Waals surface area contributed by atoms with E-state index in [9.17, 15) is 4.79 Å². The molecule has 0 saturated carbocycles. The van der Waals surface area contributed by atoms with Crippen molar-refractivity contribution >= 4 is 5.91 Å². The van der Waals surface area contributed by atoms with Gasteiger partial charge in [0, 0.05) is 6.42 Å². The van der Waals surface area contributed by atoms with Gasteiger partial charge in [-0.3, -0.25) is 4.79 Å². The lowest BCUT2D eigenvalue weighted by Crippen LogP contribution is -2.53. The highest BCUT2D eigenvalue weighted by atomic mass is 16.5.